The Bertz CT molecular complexity index is 965. The lowest BCUT2D eigenvalue weighted by Gasteiger charge is -2.08. The summed E-state index contributed by atoms with van der Waals surface area (Å²) in [5.41, 5.74) is 12.7. The molecule has 4 N–H and O–H groups in total. The second-order valence-electron chi connectivity index (χ2n) is 5.00. The minimum absolute atomic E-state index is 0.0271. The summed E-state index contributed by atoms with van der Waals surface area (Å²) in [4.78, 5) is 20.6. The maximum Gasteiger partial charge on any atom is 0.343 e. The summed E-state index contributed by atoms with van der Waals surface area (Å²) in [7, 11) is 0. The van der Waals surface area contributed by atoms with E-state index in [9.17, 15) is 4.79 Å². The molecule has 0 atom stereocenters. The number of nitrogens with two attached hydrogens (primary N) is 2. The van der Waals surface area contributed by atoms with Crippen molar-refractivity contribution in [3.63, 3.8) is 0 Å². The molecule has 0 aliphatic rings. The third kappa shape index (κ3) is 3.11. The summed E-state index contributed by atoms with van der Waals surface area (Å²) < 4.78 is 6.54. The molecule has 128 valence electrons. The smallest absolute Gasteiger partial charge is 0.343 e. The minimum atomic E-state index is -0.624. The molecule has 0 radical (unpaired) electrons. The first kappa shape index (κ1) is 16.7. The molecule has 3 rings (SSSR count). The van der Waals surface area contributed by atoms with E-state index in [1.807, 2.05) is 0 Å². The van der Waals surface area contributed by atoms with Crippen LogP contribution in [0, 0.1) is 0 Å². The Balaban J connectivity index is 2.16. The van der Waals surface area contributed by atoms with Crippen molar-refractivity contribution < 1.29 is 9.53 Å². The Kier molecular flexibility index (Phi) is 4.53. The molecule has 0 amide bonds. The van der Waals surface area contributed by atoms with E-state index in [1.165, 1.54) is 0 Å². The predicted octanol–water partition coefficient (Wildman–Crippen LogP) is 1.91. The van der Waals surface area contributed by atoms with Gasteiger partial charge in [-0.1, -0.05) is 11.6 Å². The zero-order valence-corrected chi connectivity index (χ0v) is 14.1. The van der Waals surface area contributed by atoms with Gasteiger partial charge in [-0.3, -0.25) is 0 Å². The lowest BCUT2D eigenvalue weighted by molar-refractivity contribution is -0.136. The molecule has 2 heterocycles. The fourth-order valence-electron chi connectivity index (χ4n) is 2.26. The number of ether oxygens (including phenoxy) is 1. The summed E-state index contributed by atoms with van der Waals surface area (Å²) in [5, 5.41) is 5.44. The van der Waals surface area contributed by atoms with Gasteiger partial charge in [-0.05, 0) is 31.2 Å². The first-order valence-corrected chi connectivity index (χ1v) is 7.79. The van der Waals surface area contributed by atoms with E-state index in [2.05, 4.69) is 15.1 Å². The fourth-order valence-corrected chi connectivity index (χ4v) is 2.39. The second-order valence-corrected chi connectivity index (χ2v) is 5.44. The van der Waals surface area contributed by atoms with Gasteiger partial charge in [-0.25, -0.2) is 19.4 Å². The molecular weight excluding hydrogens is 344 g/mol. The number of carbonyl (C=O) groups is 1. The number of benzene rings is 1. The topological polar surface area (TPSA) is 122 Å². The van der Waals surface area contributed by atoms with Gasteiger partial charge in [0.05, 0.1) is 23.9 Å². The van der Waals surface area contributed by atoms with Crippen LogP contribution in [-0.4, -0.2) is 32.3 Å². The molecule has 0 fully saturated rings. The van der Waals surface area contributed by atoms with Crippen molar-refractivity contribution in [1.82, 2.24) is 19.7 Å². The first-order chi connectivity index (χ1) is 12.0. The molecule has 0 unspecified atom stereocenters. The highest BCUT2D eigenvalue weighted by molar-refractivity contribution is 6.30. The fraction of sp³-hybridized carbons (Fsp3) is 0.125. The average Bonchev–Trinajstić information content (AvgIpc) is 3.01. The number of hydrogen-bond donors (Lipinski definition) is 2. The Morgan fingerprint density at radius 1 is 1.32 bits per heavy atom. The number of nitrogens with zero attached hydrogens (tertiary/aromatic N) is 4. The van der Waals surface area contributed by atoms with Gasteiger partial charge in [0.1, 0.15) is 11.4 Å². The summed E-state index contributed by atoms with van der Waals surface area (Å²) in [6.07, 6.45) is 2.65. The van der Waals surface area contributed by atoms with Crippen molar-refractivity contribution in [1.29, 1.82) is 0 Å². The van der Waals surface area contributed by atoms with Gasteiger partial charge in [0.15, 0.2) is 11.5 Å². The maximum atomic E-state index is 12.0. The largest absolute Gasteiger partial charge is 0.462 e. The molecule has 3 aromatic rings. The number of anilines is 1. The van der Waals surface area contributed by atoms with Gasteiger partial charge in [-0.2, -0.15) is 5.10 Å². The second kappa shape index (κ2) is 6.78. The van der Waals surface area contributed by atoms with E-state index in [1.54, 1.807) is 42.1 Å². The Labute approximate surface area is 148 Å². The molecule has 0 saturated carbocycles. The van der Waals surface area contributed by atoms with Crippen molar-refractivity contribution in [2.24, 2.45) is 5.73 Å². The van der Waals surface area contributed by atoms with E-state index in [0.29, 0.717) is 16.1 Å². The van der Waals surface area contributed by atoms with Gasteiger partial charge in [0.2, 0.25) is 0 Å². The normalized spacial score (nSPS) is 11.7. The molecule has 0 bridgehead atoms. The van der Waals surface area contributed by atoms with Gasteiger partial charge < -0.3 is 16.2 Å². The van der Waals surface area contributed by atoms with Crippen LogP contribution in [0.15, 0.2) is 36.7 Å². The van der Waals surface area contributed by atoms with Crippen LogP contribution in [0.2, 0.25) is 5.02 Å². The Hall–Kier alpha value is -3.13. The molecule has 9 heteroatoms. The van der Waals surface area contributed by atoms with Gasteiger partial charge in [0, 0.05) is 11.2 Å². The summed E-state index contributed by atoms with van der Waals surface area (Å²) >= 11 is 5.92. The summed E-state index contributed by atoms with van der Waals surface area (Å²) in [6.45, 7) is 1.90. The highest BCUT2D eigenvalue weighted by atomic mass is 35.5. The van der Waals surface area contributed by atoms with Crippen molar-refractivity contribution in [3.8, 4) is 5.69 Å². The molecular formula is C16H15ClN6O2. The monoisotopic (exact) mass is 358 g/mol. The van der Waals surface area contributed by atoms with Crippen molar-refractivity contribution in [3.05, 3.63) is 47.5 Å². The van der Waals surface area contributed by atoms with Crippen LogP contribution in [0.25, 0.3) is 22.3 Å². The lowest BCUT2D eigenvalue weighted by atomic mass is 10.2. The number of fused-ring (bicyclic) bond motifs is 1. The number of hydrogen-bond acceptors (Lipinski definition) is 7. The van der Waals surface area contributed by atoms with E-state index in [0.717, 1.165) is 11.9 Å². The number of nitrogen functional groups attached to an aromatic ring is 1. The van der Waals surface area contributed by atoms with E-state index < -0.39 is 5.97 Å². The predicted molar refractivity (Wildman–Crippen MR) is 94.9 cm³/mol. The van der Waals surface area contributed by atoms with Crippen LogP contribution in [0.5, 0.6) is 0 Å². The van der Waals surface area contributed by atoms with Crippen LogP contribution >= 0.6 is 11.6 Å². The molecule has 0 aliphatic heterocycles. The third-order valence-corrected chi connectivity index (χ3v) is 3.68. The molecule has 8 nitrogen and oxygen atoms in total. The number of carbonyl (C=O) groups excluding carboxylic acids is 1. The number of rotatable bonds is 4. The van der Waals surface area contributed by atoms with Crippen LogP contribution in [0.1, 0.15) is 12.7 Å². The molecule has 2 aromatic heterocycles. The van der Waals surface area contributed by atoms with Gasteiger partial charge in [0.25, 0.3) is 0 Å². The van der Waals surface area contributed by atoms with Crippen molar-refractivity contribution >= 4 is 40.0 Å². The van der Waals surface area contributed by atoms with Gasteiger partial charge >= 0.3 is 5.97 Å². The molecule has 25 heavy (non-hydrogen) atoms. The van der Waals surface area contributed by atoms with Gasteiger partial charge in [-0.15, -0.1) is 0 Å². The van der Waals surface area contributed by atoms with E-state index in [4.69, 9.17) is 27.8 Å². The highest BCUT2D eigenvalue weighted by Crippen LogP contribution is 2.24. The summed E-state index contributed by atoms with van der Waals surface area (Å²) in [5.74, 6) is -0.369. The zero-order valence-electron chi connectivity index (χ0n) is 13.3. The van der Waals surface area contributed by atoms with Crippen LogP contribution in [0.3, 0.4) is 0 Å². The van der Waals surface area contributed by atoms with Crippen LogP contribution < -0.4 is 11.5 Å². The average molecular weight is 359 g/mol. The molecule has 0 spiro atoms. The van der Waals surface area contributed by atoms with E-state index >= 15 is 0 Å². The summed E-state index contributed by atoms with van der Waals surface area (Å²) in [6, 6.07) is 7.05. The van der Waals surface area contributed by atoms with Crippen molar-refractivity contribution in [2.75, 3.05) is 12.3 Å². The number of esters is 1. The molecule has 1 aromatic carbocycles. The SMILES string of the molecule is CCOC(=O)/C(=C\N)c1nc(N)c2cnn(-c3ccc(Cl)cc3)c2n1. The lowest BCUT2D eigenvalue weighted by Crippen LogP contribution is -2.12. The van der Waals surface area contributed by atoms with E-state index in [-0.39, 0.29) is 23.8 Å². The maximum absolute atomic E-state index is 12.0. The third-order valence-electron chi connectivity index (χ3n) is 3.43. The minimum Gasteiger partial charge on any atom is -0.462 e. The Morgan fingerprint density at radius 2 is 2.04 bits per heavy atom. The standard InChI is InChI=1S/C16H15ClN6O2/c1-2-25-16(24)11(7-18)14-21-13(19)12-8-20-23(15(12)22-14)10-5-3-9(17)4-6-10/h3-8H,2,18H2,1H3,(H2,19,21,22)/b11-7-. The quantitative estimate of drug-likeness (QED) is 0.539. The zero-order chi connectivity index (χ0) is 18.0. The Morgan fingerprint density at radius 3 is 2.68 bits per heavy atom. The van der Waals surface area contributed by atoms with Crippen LogP contribution in [-0.2, 0) is 9.53 Å². The molecule has 0 saturated heterocycles. The van der Waals surface area contributed by atoms with Crippen molar-refractivity contribution in [2.45, 2.75) is 6.92 Å². The molecule has 0 aliphatic carbocycles. The van der Waals surface area contributed by atoms with Crippen LogP contribution in [0.4, 0.5) is 5.82 Å². The first-order valence-electron chi connectivity index (χ1n) is 7.41. The number of halogens is 1. The highest BCUT2D eigenvalue weighted by Gasteiger charge is 2.20. The number of aromatic nitrogens is 4.